The molecule has 3 N–H and O–H groups in total. The maximum Gasteiger partial charge on any atom is 0.255 e. The minimum absolute atomic E-state index is 0.0307. The van der Waals surface area contributed by atoms with Gasteiger partial charge in [-0.15, -0.1) is 0 Å². The lowest BCUT2D eigenvalue weighted by molar-refractivity contribution is 0.0951. The summed E-state index contributed by atoms with van der Waals surface area (Å²) in [6.45, 7) is 2.28. The molecule has 2 rings (SSSR count). The maximum atomic E-state index is 14.5. The fraction of sp³-hybridized carbons (Fsp3) is 0.263. The number of ether oxygens (including phenoxy) is 1. The molecule has 0 fully saturated rings. The van der Waals surface area contributed by atoms with E-state index >= 15 is 0 Å². The van der Waals surface area contributed by atoms with Gasteiger partial charge < -0.3 is 15.8 Å². The summed E-state index contributed by atoms with van der Waals surface area (Å²) in [5.74, 6) is -1.94. The van der Waals surface area contributed by atoms with Gasteiger partial charge in [0.1, 0.15) is 5.82 Å². The first-order valence-electron chi connectivity index (χ1n) is 8.24. The van der Waals surface area contributed by atoms with Gasteiger partial charge in [0, 0.05) is 12.1 Å². The van der Waals surface area contributed by atoms with Crippen molar-refractivity contribution in [3.05, 3.63) is 65.4 Å². The average Bonchev–Trinajstić information content (AvgIpc) is 2.61. The molecule has 0 bridgehead atoms. The number of nitrogens with two attached hydrogens (primary N) is 1. The molecule has 0 unspecified atom stereocenters. The normalized spacial score (nSPS) is 10.9. The van der Waals surface area contributed by atoms with E-state index < -0.39 is 17.7 Å². The average molecular weight is 361 g/mol. The van der Waals surface area contributed by atoms with Crippen LogP contribution >= 0.6 is 0 Å². The fourth-order valence-corrected chi connectivity index (χ4v) is 2.27. The van der Waals surface area contributed by atoms with Crippen LogP contribution in [0.4, 0.5) is 14.6 Å². The summed E-state index contributed by atoms with van der Waals surface area (Å²) in [4.78, 5) is 15.5. The van der Waals surface area contributed by atoms with Crippen LogP contribution in [0.1, 0.15) is 35.7 Å². The number of pyridine rings is 1. The topological polar surface area (TPSA) is 77.2 Å². The Kier molecular flexibility index (Phi) is 7.08. The van der Waals surface area contributed by atoms with Gasteiger partial charge in [-0.05, 0) is 38.0 Å². The number of rotatable bonds is 8. The van der Waals surface area contributed by atoms with E-state index in [0.717, 1.165) is 18.9 Å². The lowest BCUT2D eigenvalue weighted by Crippen LogP contribution is -2.25. The molecule has 0 saturated carbocycles. The molecule has 0 atom stereocenters. The Balaban J connectivity index is 1.96. The molecule has 1 aromatic carbocycles. The number of hydrogen-bond acceptors (Lipinski definition) is 4. The quantitative estimate of drug-likeness (QED) is 0.428. The highest BCUT2D eigenvalue weighted by Gasteiger charge is 2.14. The SMILES string of the molecule is C/C=C/CCCOc1cccc(CNC(=O)c2ccc(F)nc2N)c1F. The Morgan fingerprint density at radius 3 is 2.85 bits per heavy atom. The highest BCUT2D eigenvalue weighted by atomic mass is 19.1. The summed E-state index contributed by atoms with van der Waals surface area (Å²) in [5, 5.41) is 2.54. The van der Waals surface area contributed by atoms with Crippen LogP contribution in [0.5, 0.6) is 5.75 Å². The summed E-state index contributed by atoms with van der Waals surface area (Å²) >= 11 is 0. The number of halogens is 2. The van der Waals surface area contributed by atoms with Gasteiger partial charge in [0.25, 0.3) is 5.91 Å². The predicted molar refractivity (Wildman–Crippen MR) is 95.7 cm³/mol. The molecule has 7 heteroatoms. The van der Waals surface area contributed by atoms with Crippen molar-refractivity contribution in [2.75, 3.05) is 12.3 Å². The van der Waals surface area contributed by atoms with Crippen LogP contribution < -0.4 is 15.8 Å². The summed E-state index contributed by atoms with van der Waals surface area (Å²) in [5.41, 5.74) is 5.83. The molecular weight excluding hydrogens is 340 g/mol. The van der Waals surface area contributed by atoms with Gasteiger partial charge in [-0.3, -0.25) is 4.79 Å². The molecular formula is C19H21F2N3O2. The third-order valence-electron chi connectivity index (χ3n) is 3.63. The third kappa shape index (κ3) is 5.27. The van der Waals surface area contributed by atoms with Crippen LogP contribution in [-0.2, 0) is 6.54 Å². The van der Waals surface area contributed by atoms with E-state index in [0.29, 0.717) is 6.61 Å². The number of carbonyl (C=O) groups excluding carboxylic acids is 1. The van der Waals surface area contributed by atoms with Gasteiger partial charge in [0.2, 0.25) is 5.95 Å². The van der Waals surface area contributed by atoms with Crippen molar-refractivity contribution in [2.45, 2.75) is 26.3 Å². The molecule has 1 amide bonds. The van der Waals surface area contributed by atoms with Crippen molar-refractivity contribution in [1.82, 2.24) is 10.3 Å². The molecule has 0 aliphatic carbocycles. The molecule has 0 saturated heterocycles. The van der Waals surface area contributed by atoms with E-state index in [4.69, 9.17) is 10.5 Å². The Labute approximate surface area is 150 Å². The van der Waals surface area contributed by atoms with Gasteiger partial charge in [0.15, 0.2) is 11.6 Å². The molecule has 1 aromatic heterocycles. The highest BCUT2D eigenvalue weighted by molar-refractivity contribution is 5.98. The molecule has 2 aromatic rings. The molecule has 1 heterocycles. The van der Waals surface area contributed by atoms with Gasteiger partial charge >= 0.3 is 0 Å². The Hall–Kier alpha value is -2.96. The number of aromatic nitrogens is 1. The monoisotopic (exact) mass is 361 g/mol. The number of benzene rings is 1. The predicted octanol–water partition coefficient (Wildman–Crippen LogP) is 3.61. The van der Waals surface area contributed by atoms with Crippen molar-refractivity contribution in [2.24, 2.45) is 0 Å². The molecule has 0 aliphatic heterocycles. The molecule has 0 radical (unpaired) electrons. The first kappa shape index (κ1) is 19.4. The van der Waals surface area contributed by atoms with E-state index in [-0.39, 0.29) is 29.2 Å². The van der Waals surface area contributed by atoms with Crippen LogP contribution in [-0.4, -0.2) is 17.5 Å². The van der Waals surface area contributed by atoms with E-state index in [2.05, 4.69) is 10.3 Å². The van der Waals surface area contributed by atoms with E-state index in [1.165, 1.54) is 12.1 Å². The third-order valence-corrected chi connectivity index (χ3v) is 3.63. The van der Waals surface area contributed by atoms with Crippen molar-refractivity contribution in [3.8, 4) is 5.75 Å². The lowest BCUT2D eigenvalue weighted by Gasteiger charge is -2.11. The maximum absolute atomic E-state index is 14.5. The second kappa shape index (κ2) is 9.50. The second-order valence-corrected chi connectivity index (χ2v) is 5.54. The van der Waals surface area contributed by atoms with E-state index in [1.807, 2.05) is 19.1 Å². The van der Waals surface area contributed by atoms with Crippen LogP contribution in [0.2, 0.25) is 0 Å². The molecule has 0 aliphatic rings. The first-order valence-corrected chi connectivity index (χ1v) is 8.24. The van der Waals surface area contributed by atoms with Crippen LogP contribution in [0, 0.1) is 11.8 Å². The number of carbonyl (C=O) groups is 1. The number of unbranched alkanes of at least 4 members (excludes halogenated alkanes) is 1. The van der Waals surface area contributed by atoms with Crippen molar-refractivity contribution in [1.29, 1.82) is 0 Å². The van der Waals surface area contributed by atoms with Gasteiger partial charge in [-0.25, -0.2) is 9.37 Å². The summed E-state index contributed by atoms with van der Waals surface area (Å²) in [7, 11) is 0. The first-order chi connectivity index (χ1) is 12.5. The Morgan fingerprint density at radius 1 is 1.31 bits per heavy atom. The van der Waals surface area contributed by atoms with Crippen molar-refractivity contribution < 1.29 is 18.3 Å². The van der Waals surface area contributed by atoms with Gasteiger partial charge in [-0.1, -0.05) is 24.3 Å². The van der Waals surface area contributed by atoms with Crippen LogP contribution in [0.25, 0.3) is 0 Å². The van der Waals surface area contributed by atoms with Gasteiger partial charge in [0.05, 0.1) is 12.2 Å². The van der Waals surface area contributed by atoms with E-state index in [1.54, 1.807) is 12.1 Å². The smallest absolute Gasteiger partial charge is 0.255 e. The summed E-state index contributed by atoms with van der Waals surface area (Å²) in [6, 6.07) is 7.01. The highest BCUT2D eigenvalue weighted by Crippen LogP contribution is 2.21. The standard InChI is InChI=1S/C19H21F2N3O2/c1-2-3-4-5-11-26-15-8-6-7-13(17(15)21)12-23-19(25)14-9-10-16(20)24-18(14)22/h2-3,6-10H,4-5,11-12H2,1H3,(H2,22,24)(H,23,25)/b3-2+. The number of nitrogens with zero attached hydrogens (tertiary/aromatic N) is 1. The molecule has 138 valence electrons. The van der Waals surface area contributed by atoms with Crippen LogP contribution in [0.3, 0.4) is 0 Å². The minimum Gasteiger partial charge on any atom is -0.490 e. The zero-order valence-electron chi connectivity index (χ0n) is 14.5. The number of nitrogens with one attached hydrogen (secondary N) is 1. The summed E-state index contributed by atoms with van der Waals surface area (Å²) in [6.07, 6.45) is 5.61. The number of allylic oxidation sites excluding steroid dienone is 2. The molecule has 26 heavy (non-hydrogen) atoms. The zero-order valence-corrected chi connectivity index (χ0v) is 14.5. The minimum atomic E-state index is -0.774. The van der Waals surface area contributed by atoms with Crippen molar-refractivity contribution in [3.63, 3.8) is 0 Å². The van der Waals surface area contributed by atoms with Gasteiger partial charge in [-0.2, -0.15) is 4.39 Å². The largest absolute Gasteiger partial charge is 0.490 e. The summed E-state index contributed by atoms with van der Waals surface area (Å²) < 4.78 is 32.9. The zero-order chi connectivity index (χ0) is 18.9. The molecule has 0 spiro atoms. The number of hydrogen-bond donors (Lipinski definition) is 2. The van der Waals surface area contributed by atoms with Crippen molar-refractivity contribution >= 4 is 11.7 Å². The number of nitrogen functional groups attached to an aromatic ring is 1. The number of anilines is 1. The van der Waals surface area contributed by atoms with E-state index in [9.17, 15) is 13.6 Å². The van der Waals surface area contributed by atoms with Crippen LogP contribution in [0.15, 0.2) is 42.5 Å². The fourth-order valence-electron chi connectivity index (χ4n) is 2.27. The number of amides is 1. The Bertz CT molecular complexity index is 794. The second-order valence-electron chi connectivity index (χ2n) is 5.54. The Morgan fingerprint density at radius 2 is 2.12 bits per heavy atom. The molecule has 5 nitrogen and oxygen atoms in total. The lowest BCUT2D eigenvalue weighted by atomic mass is 10.2.